The minimum absolute atomic E-state index is 0.115. The van der Waals surface area contributed by atoms with Gasteiger partial charge < -0.3 is 4.42 Å². The Morgan fingerprint density at radius 3 is 2.84 bits per heavy atom. The van der Waals surface area contributed by atoms with Crippen LogP contribution in [0.2, 0.25) is 0 Å². The van der Waals surface area contributed by atoms with Crippen LogP contribution in [0, 0.1) is 23.6 Å². The van der Waals surface area contributed by atoms with Gasteiger partial charge in [0.05, 0.1) is 0 Å². The van der Waals surface area contributed by atoms with Crippen molar-refractivity contribution < 1.29 is 13.6 Å². The predicted octanol–water partition coefficient (Wildman–Crippen LogP) is 4.19. The van der Waals surface area contributed by atoms with Crippen molar-refractivity contribution in [3.8, 4) is 0 Å². The average molecular weight is 258 g/mol. The van der Waals surface area contributed by atoms with Gasteiger partial charge in [0, 0.05) is 11.3 Å². The van der Waals surface area contributed by atoms with Crippen molar-refractivity contribution >= 4 is 16.8 Å². The summed E-state index contributed by atoms with van der Waals surface area (Å²) in [4.78, 5) is 12.5. The van der Waals surface area contributed by atoms with Gasteiger partial charge in [0.15, 0.2) is 5.76 Å². The summed E-state index contributed by atoms with van der Waals surface area (Å²) in [6.07, 6.45) is 4.66. The minimum atomic E-state index is -0.299. The van der Waals surface area contributed by atoms with Gasteiger partial charge in [0.25, 0.3) is 0 Å². The summed E-state index contributed by atoms with van der Waals surface area (Å²) in [5.41, 5.74) is 0.591. The molecule has 3 unspecified atom stereocenters. The molecule has 3 heteroatoms. The maximum atomic E-state index is 13.1. The molecule has 0 aliphatic heterocycles. The lowest BCUT2D eigenvalue weighted by Crippen LogP contribution is -2.20. The van der Waals surface area contributed by atoms with Crippen LogP contribution in [0.4, 0.5) is 4.39 Å². The fourth-order valence-electron chi connectivity index (χ4n) is 3.88. The normalized spacial score (nSPS) is 29.2. The molecule has 1 aromatic heterocycles. The molecule has 2 bridgehead atoms. The molecule has 2 saturated carbocycles. The van der Waals surface area contributed by atoms with Crippen LogP contribution in [0.25, 0.3) is 11.0 Å². The number of carbonyl (C=O) groups excluding carboxylic acids is 1. The Labute approximate surface area is 110 Å². The highest BCUT2D eigenvalue weighted by atomic mass is 19.1. The van der Waals surface area contributed by atoms with E-state index in [9.17, 15) is 9.18 Å². The Morgan fingerprint density at radius 1 is 1.21 bits per heavy atom. The van der Waals surface area contributed by atoms with E-state index in [-0.39, 0.29) is 17.5 Å². The van der Waals surface area contributed by atoms with Crippen LogP contribution in [0.1, 0.15) is 36.2 Å². The molecule has 2 nitrogen and oxygen atoms in total. The van der Waals surface area contributed by atoms with Gasteiger partial charge in [-0.15, -0.1) is 0 Å². The van der Waals surface area contributed by atoms with Gasteiger partial charge in [-0.05, 0) is 55.4 Å². The number of furan rings is 1. The zero-order valence-electron chi connectivity index (χ0n) is 10.6. The number of ketones is 1. The molecule has 2 fully saturated rings. The van der Waals surface area contributed by atoms with Gasteiger partial charge in [0.2, 0.25) is 5.78 Å². The first kappa shape index (κ1) is 11.2. The molecular formula is C16H15FO2. The van der Waals surface area contributed by atoms with Crippen LogP contribution in [0.5, 0.6) is 0 Å². The first-order valence-electron chi connectivity index (χ1n) is 6.94. The van der Waals surface area contributed by atoms with Crippen molar-refractivity contribution in [2.75, 3.05) is 0 Å². The number of hydrogen-bond donors (Lipinski definition) is 0. The molecular weight excluding hydrogens is 243 g/mol. The van der Waals surface area contributed by atoms with Crippen molar-refractivity contribution in [3.05, 3.63) is 35.8 Å². The molecule has 1 aromatic carbocycles. The van der Waals surface area contributed by atoms with Gasteiger partial charge >= 0.3 is 0 Å². The lowest BCUT2D eigenvalue weighted by molar-refractivity contribution is 0.0848. The number of fused-ring (bicyclic) bond motifs is 3. The standard InChI is InChI=1S/C16H15FO2/c17-12-3-4-14-11(7-12)8-15(19-14)16(18)13-6-9-1-2-10(13)5-9/h3-4,7-10,13H,1-2,5-6H2. The van der Waals surface area contributed by atoms with Crippen molar-refractivity contribution in [2.45, 2.75) is 25.7 Å². The molecule has 98 valence electrons. The third-order valence-electron chi connectivity index (χ3n) is 4.80. The summed E-state index contributed by atoms with van der Waals surface area (Å²) in [6.45, 7) is 0. The predicted molar refractivity (Wildman–Crippen MR) is 69.4 cm³/mol. The summed E-state index contributed by atoms with van der Waals surface area (Å²) in [6, 6.07) is 6.04. The summed E-state index contributed by atoms with van der Waals surface area (Å²) >= 11 is 0. The zero-order valence-corrected chi connectivity index (χ0v) is 10.6. The third kappa shape index (κ3) is 1.71. The Balaban J connectivity index is 1.68. The van der Waals surface area contributed by atoms with E-state index in [1.165, 1.54) is 31.4 Å². The molecule has 2 aliphatic rings. The van der Waals surface area contributed by atoms with Crippen molar-refractivity contribution in [1.82, 2.24) is 0 Å². The monoisotopic (exact) mass is 258 g/mol. The number of benzene rings is 1. The highest BCUT2D eigenvalue weighted by molar-refractivity contribution is 5.99. The second-order valence-corrected chi connectivity index (χ2v) is 5.94. The second-order valence-electron chi connectivity index (χ2n) is 5.94. The third-order valence-corrected chi connectivity index (χ3v) is 4.80. The van der Waals surface area contributed by atoms with Gasteiger partial charge in [-0.3, -0.25) is 4.79 Å². The number of halogens is 1. The van der Waals surface area contributed by atoms with Crippen molar-refractivity contribution in [2.24, 2.45) is 17.8 Å². The fraction of sp³-hybridized carbons (Fsp3) is 0.438. The fourth-order valence-corrected chi connectivity index (χ4v) is 3.88. The largest absolute Gasteiger partial charge is 0.453 e. The van der Waals surface area contributed by atoms with E-state index in [0.29, 0.717) is 22.6 Å². The first-order valence-corrected chi connectivity index (χ1v) is 6.94. The van der Waals surface area contributed by atoms with Gasteiger partial charge in [-0.25, -0.2) is 4.39 Å². The van der Waals surface area contributed by atoms with E-state index in [0.717, 1.165) is 12.3 Å². The van der Waals surface area contributed by atoms with E-state index in [1.54, 1.807) is 12.1 Å². The number of rotatable bonds is 2. The number of Topliss-reactive ketones (excluding diaryl/α,β-unsaturated/α-hetero) is 1. The van der Waals surface area contributed by atoms with E-state index < -0.39 is 0 Å². The van der Waals surface area contributed by atoms with Gasteiger partial charge in [-0.2, -0.15) is 0 Å². The molecule has 19 heavy (non-hydrogen) atoms. The highest BCUT2D eigenvalue weighted by Crippen LogP contribution is 2.49. The highest BCUT2D eigenvalue weighted by Gasteiger charge is 2.43. The molecule has 4 rings (SSSR count). The quantitative estimate of drug-likeness (QED) is 0.756. The summed E-state index contributed by atoms with van der Waals surface area (Å²) in [5, 5.41) is 0.673. The van der Waals surface area contributed by atoms with Gasteiger partial charge in [0.1, 0.15) is 11.4 Å². The first-order chi connectivity index (χ1) is 9.20. The molecule has 0 N–H and O–H groups in total. The maximum absolute atomic E-state index is 13.1. The van der Waals surface area contributed by atoms with Crippen LogP contribution >= 0.6 is 0 Å². The topological polar surface area (TPSA) is 30.2 Å². The Hall–Kier alpha value is -1.64. The Bertz CT molecular complexity index is 658. The van der Waals surface area contributed by atoms with Crippen molar-refractivity contribution in [3.63, 3.8) is 0 Å². The molecule has 0 radical (unpaired) electrons. The van der Waals surface area contributed by atoms with Crippen LogP contribution < -0.4 is 0 Å². The zero-order chi connectivity index (χ0) is 13.0. The van der Waals surface area contributed by atoms with E-state index in [2.05, 4.69) is 0 Å². The van der Waals surface area contributed by atoms with E-state index in [1.807, 2.05) is 0 Å². The molecule has 0 saturated heterocycles. The van der Waals surface area contributed by atoms with Gasteiger partial charge in [-0.1, -0.05) is 6.42 Å². The average Bonchev–Trinajstić information content (AvgIpc) is 3.11. The van der Waals surface area contributed by atoms with Crippen LogP contribution in [-0.2, 0) is 0 Å². The summed E-state index contributed by atoms with van der Waals surface area (Å²) < 4.78 is 18.7. The molecule has 2 aliphatic carbocycles. The van der Waals surface area contributed by atoms with E-state index >= 15 is 0 Å². The Kier molecular flexibility index (Phi) is 2.32. The second kappa shape index (κ2) is 3.92. The number of hydrogen-bond acceptors (Lipinski definition) is 2. The SMILES string of the molecule is O=C(c1cc2cc(F)ccc2o1)C1CC2CCC1C2. The number of carbonyl (C=O) groups is 1. The molecule has 2 aromatic rings. The summed E-state index contributed by atoms with van der Waals surface area (Å²) in [7, 11) is 0. The lowest BCUT2D eigenvalue weighted by atomic mass is 9.85. The molecule has 3 atom stereocenters. The smallest absolute Gasteiger partial charge is 0.201 e. The van der Waals surface area contributed by atoms with E-state index in [4.69, 9.17) is 4.42 Å². The molecule has 0 spiro atoms. The van der Waals surface area contributed by atoms with Crippen molar-refractivity contribution in [1.29, 1.82) is 0 Å². The Morgan fingerprint density at radius 2 is 2.11 bits per heavy atom. The van der Waals surface area contributed by atoms with Crippen LogP contribution in [0.15, 0.2) is 28.7 Å². The molecule has 0 amide bonds. The molecule has 1 heterocycles. The van der Waals surface area contributed by atoms with Crippen LogP contribution in [0.3, 0.4) is 0 Å². The van der Waals surface area contributed by atoms with Crippen LogP contribution in [-0.4, -0.2) is 5.78 Å². The lowest BCUT2D eigenvalue weighted by Gasteiger charge is -2.18. The minimum Gasteiger partial charge on any atom is -0.453 e. The maximum Gasteiger partial charge on any atom is 0.201 e. The summed E-state index contributed by atoms with van der Waals surface area (Å²) in [5.74, 6) is 1.63.